The van der Waals surface area contributed by atoms with Gasteiger partial charge in [0.25, 0.3) is 0 Å². The fourth-order valence-electron chi connectivity index (χ4n) is 1.14. The standard InChI is InChI=1S/C12H13NO2/c1-10(15)13-12-7-5-11(6-8-12)4-2-3-9-14/h2,4-9H,3H2,1H3,(H,13,15). The average Bonchev–Trinajstić information content (AvgIpc) is 2.20. The smallest absolute Gasteiger partial charge is 0.221 e. The molecule has 0 fully saturated rings. The van der Waals surface area contributed by atoms with Crippen molar-refractivity contribution in [2.75, 3.05) is 5.32 Å². The summed E-state index contributed by atoms with van der Waals surface area (Å²) in [6, 6.07) is 7.41. The average molecular weight is 203 g/mol. The van der Waals surface area contributed by atoms with E-state index in [4.69, 9.17) is 0 Å². The Morgan fingerprint density at radius 1 is 1.33 bits per heavy atom. The van der Waals surface area contributed by atoms with Crippen LogP contribution in [-0.2, 0) is 9.59 Å². The summed E-state index contributed by atoms with van der Waals surface area (Å²) in [6.45, 7) is 1.47. The van der Waals surface area contributed by atoms with E-state index in [1.807, 2.05) is 30.3 Å². The van der Waals surface area contributed by atoms with Crippen molar-refractivity contribution in [3.05, 3.63) is 35.9 Å². The summed E-state index contributed by atoms with van der Waals surface area (Å²) in [5.74, 6) is -0.0840. The largest absolute Gasteiger partial charge is 0.326 e. The van der Waals surface area contributed by atoms with Gasteiger partial charge in [0.2, 0.25) is 5.91 Å². The Morgan fingerprint density at radius 2 is 2.00 bits per heavy atom. The van der Waals surface area contributed by atoms with E-state index in [0.717, 1.165) is 17.5 Å². The summed E-state index contributed by atoms with van der Waals surface area (Å²) in [5.41, 5.74) is 1.78. The number of anilines is 1. The first-order valence-electron chi connectivity index (χ1n) is 4.70. The monoisotopic (exact) mass is 203 g/mol. The van der Waals surface area contributed by atoms with E-state index in [1.165, 1.54) is 6.92 Å². The number of amides is 1. The lowest BCUT2D eigenvalue weighted by Crippen LogP contribution is -2.05. The van der Waals surface area contributed by atoms with Crippen molar-refractivity contribution in [2.24, 2.45) is 0 Å². The zero-order valence-corrected chi connectivity index (χ0v) is 8.57. The summed E-state index contributed by atoms with van der Waals surface area (Å²) in [6.07, 6.45) is 4.93. The molecule has 0 bridgehead atoms. The van der Waals surface area contributed by atoms with Gasteiger partial charge in [-0.2, -0.15) is 0 Å². The van der Waals surface area contributed by atoms with Crippen LogP contribution in [0, 0.1) is 0 Å². The van der Waals surface area contributed by atoms with Crippen LogP contribution in [0.15, 0.2) is 30.3 Å². The van der Waals surface area contributed by atoms with Gasteiger partial charge >= 0.3 is 0 Å². The summed E-state index contributed by atoms with van der Waals surface area (Å²) in [7, 11) is 0. The molecule has 3 nitrogen and oxygen atoms in total. The van der Waals surface area contributed by atoms with Gasteiger partial charge in [-0.1, -0.05) is 24.3 Å². The highest BCUT2D eigenvalue weighted by molar-refractivity contribution is 5.88. The zero-order valence-electron chi connectivity index (χ0n) is 8.57. The van der Waals surface area contributed by atoms with Crippen molar-refractivity contribution >= 4 is 24.0 Å². The van der Waals surface area contributed by atoms with Crippen LogP contribution in [0.2, 0.25) is 0 Å². The zero-order chi connectivity index (χ0) is 11.1. The summed E-state index contributed by atoms with van der Waals surface area (Å²) in [4.78, 5) is 20.8. The molecule has 0 aromatic heterocycles. The Morgan fingerprint density at radius 3 is 2.53 bits per heavy atom. The molecule has 3 heteroatoms. The normalized spacial score (nSPS) is 10.2. The molecule has 1 aromatic carbocycles. The topological polar surface area (TPSA) is 46.2 Å². The van der Waals surface area contributed by atoms with Gasteiger partial charge in [-0.05, 0) is 17.7 Å². The molecular formula is C12H13NO2. The molecule has 1 aromatic rings. The second-order valence-electron chi connectivity index (χ2n) is 3.11. The second-order valence-corrected chi connectivity index (χ2v) is 3.11. The number of rotatable bonds is 4. The Bertz CT molecular complexity index is 366. The maximum atomic E-state index is 10.7. The van der Waals surface area contributed by atoms with Crippen LogP contribution in [0.4, 0.5) is 5.69 Å². The summed E-state index contributed by atoms with van der Waals surface area (Å²) < 4.78 is 0. The molecule has 0 saturated carbocycles. The van der Waals surface area contributed by atoms with Crippen LogP contribution in [0.25, 0.3) is 6.08 Å². The number of hydrogen-bond acceptors (Lipinski definition) is 2. The third-order valence-electron chi connectivity index (χ3n) is 1.77. The first-order chi connectivity index (χ1) is 7.22. The summed E-state index contributed by atoms with van der Waals surface area (Å²) >= 11 is 0. The lowest BCUT2D eigenvalue weighted by molar-refractivity contribution is -0.114. The molecule has 15 heavy (non-hydrogen) atoms. The first kappa shape index (κ1) is 11.2. The Kier molecular flexibility index (Phi) is 4.29. The number of benzene rings is 1. The van der Waals surface area contributed by atoms with Crippen molar-refractivity contribution in [1.29, 1.82) is 0 Å². The summed E-state index contributed by atoms with van der Waals surface area (Å²) in [5, 5.41) is 2.68. The van der Waals surface area contributed by atoms with Crippen LogP contribution in [-0.4, -0.2) is 12.2 Å². The molecule has 0 radical (unpaired) electrons. The Labute approximate surface area is 88.8 Å². The van der Waals surface area contributed by atoms with Crippen LogP contribution in [0.1, 0.15) is 18.9 Å². The van der Waals surface area contributed by atoms with E-state index in [2.05, 4.69) is 5.32 Å². The minimum Gasteiger partial charge on any atom is -0.326 e. The van der Waals surface area contributed by atoms with Crippen molar-refractivity contribution in [3.8, 4) is 0 Å². The minimum atomic E-state index is -0.0840. The molecule has 0 unspecified atom stereocenters. The molecule has 0 atom stereocenters. The number of carbonyl (C=O) groups is 2. The van der Waals surface area contributed by atoms with E-state index < -0.39 is 0 Å². The van der Waals surface area contributed by atoms with Crippen LogP contribution < -0.4 is 5.32 Å². The molecule has 0 aliphatic heterocycles. The highest BCUT2D eigenvalue weighted by atomic mass is 16.1. The molecule has 0 aliphatic rings. The third-order valence-corrected chi connectivity index (χ3v) is 1.77. The predicted octanol–water partition coefficient (Wildman–Crippen LogP) is 2.25. The van der Waals surface area contributed by atoms with Crippen LogP contribution in [0.3, 0.4) is 0 Å². The Balaban J connectivity index is 2.63. The van der Waals surface area contributed by atoms with Gasteiger partial charge in [0.1, 0.15) is 6.29 Å². The number of aldehydes is 1. The van der Waals surface area contributed by atoms with Crippen molar-refractivity contribution in [3.63, 3.8) is 0 Å². The lowest BCUT2D eigenvalue weighted by atomic mass is 10.2. The molecule has 1 N–H and O–H groups in total. The minimum absolute atomic E-state index is 0.0840. The maximum Gasteiger partial charge on any atom is 0.221 e. The quantitative estimate of drug-likeness (QED) is 0.763. The third kappa shape index (κ3) is 4.22. The van der Waals surface area contributed by atoms with Gasteiger partial charge in [-0.15, -0.1) is 0 Å². The molecule has 1 amide bonds. The molecule has 0 spiro atoms. The van der Waals surface area contributed by atoms with E-state index >= 15 is 0 Å². The van der Waals surface area contributed by atoms with Crippen molar-refractivity contribution in [2.45, 2.75) is 13.3 Å². The second kappa shape index (κ2) is 5.75. The fraction of sp³-hybridized carbons (Fsp3) is 0.167. The lowest BCUT2D eigenvalue weighted by Gasteiger charge is -2.01. The van der Waals surface area contributed by atoms with Crippen LogP contribution >= 0.6 is 0 Å². The van der Waals surface area contributed by atoms with Gasteiger partial charge in [0.15, 0.2) is 0 Å². The maximum absolute atomic E-state index is 10.7. The molecule has 0 heterocycles. The van der Waals surface area contributed by atoms with Gasteiger partial charge in [-0.3, -0.25) is 4.79 Å². The molecule has 0 aliphatic carbocycles. The van der Waals surface area contributed by atoms with E-state index in [-0.39, 0.29) is 5.91 Å². The van der Waals surface area contributed by atoms with Crippen molar-refractivity contribution in [1.82, 2.24) is 0 Å². The SMILES string of the molecule is CC(=O)Nc1ccc(C=CCC=O)cc1. The van der Waals surface area contributed by atoms with E-state index in [0.29, 0.717) is 6.42 Å². The van der Waals surface area contributed by atoms with Gasteiger partial charge in [0, 0.05) is 19.0 Å². The van der Waals surface area contributed by atoms with E-state index in [9.17, 15) is 9.59 Å². The number of carbonyl (C=O) groups excluding carboxylic acids is 2. The first-order valence-corrected chi connectivity index (χ1v) is 4.70. The molecule has 78 valence electrons. The molecule has 1 rings (SSSR count). The number of nitrogens with one attached hydrogen (secondary N) is 1. The predicted molar refractivity (Wildman–Crippen MR) is 60.5 cm³/mol. The van der Waals surface area contributed by atoms with Crippen molar-refractivity contribution < 1.29 is 9.59 Å². The highest BCUT2D eigenvalue weighted by Gasteiger charge is 1.93. The van der Waals surface area contributed by atoms with Gasteiger partial charge < -0.3 is 10.1 Å². The highest BCUT2D eigenvalue weighted by Crippen LogP contribution is 2.10. The van der Waals surface area contributed by atoms with Gasteiger partial charge in [0.05, 0.1) is 0 Å². The van der Waals surface area contributed by atoms with Crippen LogP contribution in [0.5, 0.6) is 0 Å². The number of hydrogen-bond donors (Lipinski definition) is 1. The number of allylic oxidation sites excluding steroid dienone is 1. The molecular weight excluding hydrogens is 190 g/mol. The Hall–Kier alpha value is -1.90. The van der Waals surface area contributed by atoms with Gasteiger partial charge in [-0.25, -0.2) is 0 Å². The van der Waals surface area contributed by atoms with E-state index in [1.54, 1.807) is 6.08 Å². The molecule has 0 saturated heterocycles. The fourth-order valence-corrected chi connectivity index (χ4v) is 1.14.